The monoisotopic (exact) mass is 330 g/mol. The predicted octanol–water partition coefficient (Wildman–Crippen LogP) is 3.65. The number of thiophene rings is 1. The number of benzene rings is 1. The topological polar surface area (TPSA) is 49.4 Å². The molecule has 2 rings (SSSR count). The van der Waals surface area contributed by atoms with Crippen LogP contribution >= 0.6 is 11.3 Å². The van der Waals surface area contributed by atoms with Gasteiger partial charge in [0.05, 0.1) is 4.88 Å². The van der Waals surface area contributed by atoms with Crippen molar-refractivity contribution in [3.8, 4) is 0 Å². The van der Waals surface area contributed by atoms with Crippen LogP contribution in [0.25, 0.3) is 0 Å². The molecule has 0 aliphatic carbocycles. The smallest absolute Gasteiger partial charge is 0.261 e. The Labute approximate surface area is 141 Å². The highest BCUT2D eigenvalue weighted by atomic mass is 32.1. The minimum atomic E-state index is -0.588. The zero-order valence-electron chi connectivity index (χ0n) is 13.9. The van der Waals surface area contributed by atoms with Gasteiger partial charge < -0.3 is 10.2 Å². The van der Waals surface area contributed by atoms with Gasteiger partial charge in [-0.3, -0.25) is 9.59 Å². The van der Waals surface area contributed by atoms with E-state index in [2.05, 4.69) is 19.2 Å². The molecule has 2 aromatic rings. The first-order valence-electron chi connectivity index (χ1n) is 7.62. The van der Waals surface area contributed by atoms with Crippen molar-refractivity contribution in [2.75, 3.05) is 11.9 Å². The van der Waals surface area contributed by atoms with Gasteiger partial charge in [-0.1, -0.05) is 38.1 Å². The largest absolute Gasteiger partial charge is 0.340 e. The molecule has 0 saturated carbocycles. The Kier molecular flexibility index (Phi) is 5.55. The summed E-state index contributed by atoms with van der Waals surface area (Å²) in [6.45, 7) is 5.90. The summed E-state index contributed by atoms with van der Waals surface area (Å²) in [5.74, 6) is -0.0353. The van der Waals surface area contributed by atoms with E-state index in [1.165, 1.54) is 11.3 Å². The lowest BCUT2D eigenvalue weighted by molar-refractivity contribution is -0.119. The van der Waals surface area contributed by atoms with Crippen LogP contribution in [-0.2, 0) is 4.79 Å². The average molecular weight is 330 g/mol. The van der Waals surface area contributed by atoms with Crippen LogP contribution in [0.3, 0.4) is 0 Å². The van der Waals surface area contributed by atoms with Crippen LogP contribution in [0.5, 0.6) is 0 Å². The normalized spacial score (nSPS) is 12.0. The number of likely N-dealkylation sites (N-methyl/N-ethyl adjacent to an activating group) is 1. The fraction of sp³-hybridized carbons (Fsp3) is 0.333. The van der Waals surface area contributed by atoms with Crippen molar-refractivity contribution in [1.29, 1.82) is 0 Å². The minimum absolute atomic E-state index is 0.136. The molecule has 122 valence electrons. The summed E-state index contributed by atoms with van der Waals surface area (Å²) in [5.41, 5.74) is 1.99. The molecule has 0 spiro atoms. The fourth-order valence-electron chi connectivity index (χ4n) is 2.43. The lowest BCUT2D eigenvalue weighted by Crippen LogP contribution is -2.45. The Morgan fingerprint density at radius 3 is 2.39 bits per heavy atom. The van der Waals surface area contributed by atoms with E-state index in [4.69, 9.17) is 0 Å². The SMILES string of the molecule is CC(C)c1ccccc1N(C)C(=O)[C@H](C)NC(=O)c1cccs1. The third-order valence-corrected chi connectivity index (χ3v) is 4.58. The van der Waals surface area contributed by atoms with Crippen LogP contribution in [0.1, 0.15) is 41.9 Å². The molecule has 0 bridgehead atoms. The van der Waals surface area contributed by atoms with Crippen LogP contribution in [0.2, 0.25) is 0 Å². The second-order valence-electron chi connectivity index (χ2n) is 5.78. The van der Waals surface area contributed by atoms with Crippen molar-refractivity contribution in [2.45, 2.75) is 32.7 Å². The third kappa shape index (κ3) is 3.99. The summed E-state index contributed by atoms with van der Waals surface area (Å²) in [6, 6.07) is 10.8. The molecule has 0 fully saturated rings. The van der Waals surface area contributed by atoms with Gasteiger partial charge in [0.15, 0.2) is 0 Å². The molecule has 0 aliphatic rings. The highest BCUT2D eigenvalue weighted by Crippen LogP contribution is 2.26. The lowest BCUT2D eigenvalue weighted by Gasteiger charge is -2.25. The average Bonchev–Trinajstić information content (AvgIpc) is 3.07. The van der Waals surface area contributed by atoms with E-state index in [1.807, 2.05) is 35.7 Å². The molecule has 0 radical (unpaired) electrons. The number of amides is 2. The zero-order chi connectivity index (χ0) is 17.0. The fourth-order valence-corrected chi connectivity index (χ4v) is 3.05. The Morgan fingerprint density at radius 1 is 1.09 bits per heavy atom. The van der Waals surface area contributed by atoms with Crippen molar-refractivity contribution in [3.05, 3.63) is 52.2 Å². The van der Waals surface area contributed by atoms with Gasteiger partial charge >= 0.3 is 0 Å². The molecule has 0 aliphatic heterocycles. The number of nitrogens with one attached hydrogen (secondary N) is 1. The molecule has 1 heterocycles. The number of para-hydroxylation sites is 1. The zero-order valence-corrected chi connectivity index (χ0v) is 14.7. The molecule has 1 atom stereocenters. The molecule has 0 unspecified atom stereocenters. The number of carbonyl (C=O) groups excluding carboxylic acids is 2. The highest BCUT2D eigenvalue weighted by molar-refractivity contribution is 7.12. The molecule has 2 amide bonds. The van der Waals surface area contributed by atoms with Gasteiger partial charge in [0.2, 0.25) is 5.91 Å². The molecule has 1 N–H and O–H groups in total. The molecule has 5 heteroatoms. The molecule has 1 aromatic heterocycles. The van der Waals surface area contributed by atoms with Gasteiger partial charge in [0, 0.05) is 12.7 Å². The van der Waals surface area contributed by atoms with E-state index in [0.29, 0.717) is 10.8 Å². The summed E-state index contributed by atoms with van der Waals surface area (Å²) < 4.78 is 0. The number of nitrogens with zero attached hydrogens (tertiary/aromatic N) is 1. The van der Waals surface area contributed by atoms with Crippen LogP contribution in [0.4, 0.5) is 5.69 Å². The van der Waals surface area contributed by atoms with E-state index >= 15 is 0 Å². The molecule has 0 saturated heterocycles. The maximum Gasteiger partial charge on any atom is 0.261 e. The summed E-state index contributed by atoms with van der Waals surface area (Å²) in [4.78, 5) is 26.9. The molecule has 4 nitrogen and oxygen atoms in total. The van der Waals surface area contributed by atoms with Gasteiger partial charge in [-0.25, -0.2) is 0 Å². The maximum atomic E-state index is 12.6. The van der Waals surface area contributed by atoms with E-state index in [1.54, 1.807) is 24.9 Å². The lowest BCUT2D eigenvalue weighted by atomic mass is 10.0. The molecular weight excluding hydrogens is 308 g/mol. The Bertz CT molecular complexity index is 680. The first-order valence-corrected chi connectivity index (χ1v) is 8.50. The third-order valence-electron chi connectivity index (χ3n) is 3.71. The van der Waals surface area contributed by atoms with Crippen molar-refractivity contribution >= 4 is 28.8 Å². The van der Waals surface area contributed by atoms with E-state index in [9.17, 15) is 9.59 Å². The number of hydrogen-bond acceptors (Lipinski definition) is 3. The Balaban J connectivity index is 2.12. The number of rotatable bonds is 5. The van der Waals surface area contributed by atoms with Gasteiger partial charge in [0.1, 0.15) is 6.04 Å². The van der Waals surface area contributed by atoms with Crippen LogP contribution in [0.15, 0.2) is 41.8 Å². The Hall–Kier alpha value is -2.14. The summed E-state index contributed by atoms with van der Waals surface area (Å²) >= 11 is 1.36. The van der Waals surface area contributed by atoms with Gasteiger partial charge in [-0.2, -0.15) is 0 Å². The van der Waals surface area contributed by atoms with E-state index in [-0.39, 0.29) is 11.8 Å². The van der Waals surface area contributed by atoms with Crippen molar-refractivity contribution in [2.24, 2.45) is 0 Å². The van der Waals surface area contributed by atoms with Crippen LogP contribution < -0.4 is 10.2 Å². The quantitative estimate of drug-likeness (QED) is 0.909. The minimum Gasteiger partial charge on any atom is -0.340 e. The van der Waals surface area contributed by atoms with Crippen molar-refractivity contribution < 1.29 is 9.59 Å². The standard InChI is InChI=1S/C18H22N2O2S/c1-12(2)14-8-5-6-9-15(14)20(4)18(22)13(3)19-17(21)16-10-7-11-23-16/h5-13H,1-4H3,(H,19,21)/t13-/m0/s1. The summed E-state index contributed by atoms with van der Waals surface area (Å²) in [7, 11) is 1.75. The van der Waals surface area contributed by atoms with Gasteiger partial charge in [0.25, 0.3) is 5.91 Å². The highest BCUT2D eigenvalue weighted by Gasteiger charge is 2.23. The van der Waals surface area contributed by atoms with Crippen LogP contribution in [0, 0.1) is 0 Å². The van der Waals surface area contributed by atoms with Gasteiger partial charge in [-0.05, 0) is 35.9 Å². The predicted molar refractivity (Wildman–Crippen MR) is 95.2 cm³/mol. The van der Waals surface area contributed by atoms with Crippen molar-refractivity contribution in [3.63, 3.8) is 0 Å². The van der Waals surface area contributed by atoms with E-state index in [0.717, 1.165) is 11.3 Å². The summed E-state index contributed by atoms with van der Waals surface area (Å²) in [5, 5.41) is 4.60. The second kappa shape index (κ2) is 7.42. The first kappa shape index (κ1) is 17.2. The van der Waals surface area contributed by atoms with Gasteiger partial charge in [-0.15, -0.1) is 11.3 Å². The molecular formula is C18H22N2O2S. The van der Waals surface area contributed by atoms with Crippen molar-refractivity contribution in [1.82, 2.24) is 5.32 Å². The molecule has 1 aromatic carbocycles. The van der Waals surface area contributed by atoms with E-state index < -0.39 is 6.04 Å². The first-order chi connectivity index (χ1) is 10.9. The Morgan fingerprint density at radius 2 is 1.78 bits per heavy atom. The van der Waals surface area contributed by atoms with Crippen LogP contribution in [-0.4, -0.2) is 24.9 Å². The summed E-state index contributed by atoms with van der Waals surface area (Å²) in [6.07, 6.45) is 0. The maximum absolute atomic E-state index is 12.6. The molecule has 23 heavy (non-hydrogen) atoms. The second-order valence-corrected chi connectivity index (χ2v) is 6.73. The number of hydrogen-bond donors (Lipinski definition) is 1. The number of anilines is 1. The number of carbonyl (C=O) groups is 2.